The van der Waals surface area contributed by atoms with Crippen LogP contribution in [0.15, 0.2) is 41.4 Å². The molecule has 0 radical (unpaired) electrons. The second-order valence-corrected chi connectivity index (χ2v) is 7.21. The van der Waals surface area contributed by atoms with Gasteiger partial charge in [0.1, 0.15) is 17.1 Å². The van der Waals surface area contributed by atoms with Gasteiger partial charge in [0.2, 0.25) is 0 Å². The van der Waals surface area contributed by atoms with Crippen molar-refractivity contribution in [1.82, 2.24) is 14.5 Å². The number of aromatic nitrogens is 3. The maximum Gasteiger partial charge on any atom is 0.459 e. The first kappa shape index (κ1) is 17.2. The third kappa shape index (κ3) is 3.54. The van der Waals surface area contributed by atoms with E-state index in [4.69, 9.17) is 0 Å². The first-order valence-corrected chi connectivity index (χ1v) is 8.97. The summed E-state index contributed by atoms with van der Waals surface area (Å²) in [5.74, 6) is 1.62. The van der Waals surface area contributed by atoms with E-state index in [1.807, 2.05) is 35.9 Å². The van der Waals surface area contributed by atoms with Gasteiger partial charge in [0, 0.05) is 39.5 Å². The molecule has 24 heavy (non-hydrogen) atoms. The maximum atomic E-state index is 12.9. The van der Waals surface area contributed by atoms with Gasteiger partial charge in [-0.3, -0.25) is 0 Å². The van der Waals surface area contributed by atoms with Crippen LogP contribution in [0.1, 0.15) is 6.92 Å². The first-order valence-electron chi connectivity index (χ1n) is 7.19. The second kappa shape index (κ2) is 6.68. The molecule has 3 rings (SSSR count). The molecule has 0 unspecified atom stereocenters. The van der Waals surface area contributed by atoms with Crippen LogP contribution >= 0.6 is 27.7 Å². The monoisotopic (exact) mass is 413 g/mol. The first-order chi connectivity index (χ1) is 11.4. The number of ether oxygens (including phenoxy) is 1. The zero-order valence-electron chi connectivity index (χ0n) is 13.0. The minimum absolute atomic E-state index is 0.0507. The van der Waals surface area contributed by atoms with Gasteiger partial charge in [-0.05, 0) is 11.8 Å². The molecule has 0 saturated heterocycles. The molecule has 0 aliphatic rings. The number of benzene rings is 1. The Balaban J connectivity index is 2.09. The van der Waals surface area contributed by atoms with Crippen LogP contribution in [0.5, 0.6) is 5.75 Å². The summed E-state index contributed by atoms with van der Waals surface area (Å²) >= 11 is 3.87. The lowest BCUT2D eigenvalue weighted by atomic mass is 10.2. The number of fused-ring (bicyclic) bond motifs is 1. The number of hydrogen-bond acceptors (Lipinski definition) is 4. The zero-order valence-corrected chi connectivity index (χ0v) is 15.4. The van der Waals surface area contributed by atoms with Crippen molar-refractivity contribution in [3.8, 4) is 17.1 Å². The zero-order chi connectivity index (χ0) is 17.3. The van der Waals surface area contributed by atoms with E-state index in [9.17, 15) is 8.78 Å². The van der Waals surface area contributed by atoms with E-state index in [1.54, 1.807) is 11.8 Å². The van der Waals surface area contributed by atoms with Crippen LogP contribution in [-0.2, 0) is 7.05 Å². The Morgan fingerprint density at radius 1 is 1.33 bits per heavy atom. The van der Waals surface area contributed by atoms with Crippen molar-refractivity contribution in [3.63, 3.8) is 0 Å². The van der Waals surface area contributed by atoms with Gasteiger partial charge in [0.05, 0.1) is 6.20 Å². The van der Waals surface area contributed by atoms with Gasteiger partial charge in [0.25, 0.3) is 0 Å². The van der Waals surface area contributed by atoms with E-state index in [0.717, 1.165) is 22.0 Å². The molecule has 1 aromatic carbocycles. The van der Waals surface area contributed by atoms with E-state index in [1.165, 1.54) is 12.3 Å². The Hall–Kier alpha value is -1.67. The summed E-state index contributed by atoms with van der Waals surface area (Å²) in [7, 11) is 1.85. The molecule has 2 heterocycles. The summed E-state index contributed by atoms with van der Waals surface area (Å²) in [6.07, 6.45) is 1.26. The van der Waals surface area contributed by atoms with E-state index in [-0.39, 0.29) is 5.75 Å². The fourth-order valence-electron chi connectivity index (χ4n) is 2.42. The van der Waals surface area contributed by atoms with Crippen molar-refractivity contribution in [1.29, 1.82) is 0 Å². The molecule has 0 saturated carbocycles. The van der Waals surface area contributed by atoms with Crippen LogP contribution in [-0.4, -0.2) is 25.3 Å². The van der Waals surface area contributed by atoms with Crippen molar-refractivity contribution >= 4 is 38.9 Å². The molecule has 0 fully saturated rings. The van der Waals surface area contributed by atoms with Gasteiger partial charge in [-0.25, -0.2) is 9.97 Å². The smallest absolute Gasteiger partial charge is 0.422 e. The van der Waals surface area contributed by atoms with Gasteiger partial charge in [0.15, 0.2) is 5.65 Å². The van der Waals surface area contributed by atoms with Gasteiger partial charge < -0.3 is 9.30 Å². The average molecular weight is 414 g/mol. The molecule has 4 nitrogen and oxygen atoms in total. The highest BCUT2D eigenvalue weighted by Gasteiger charge is 2.27. The number of aryl methyl sites for hydroxylation is 1. The van der Waals surface area contributed by atoms with E-state index in [2.05, 4.69) is 37.6 Å². The minimum atomic E-state index is -3.44. The van der Waals surface area contributed by atoms with Crippen molar-refractivity contribution in [2.75, 3.05) is 5.75 Å². The number of imidazole rings is 1. The lowest BCUT2D eigenvalue weighted by molar-refractivity contribution is -0.0804. The Labute approximate surface area is 150 Å². The fourth-order valence-corrected chi connectivity index (χ4v) is 3.41. The Bertz CT molecular complexity index is 879. The number of nitrogens with zero attached hydrogens (tertiary/aromatic N) is 3. The SMILES string of the molecule is CCSc1ccccc1-c1nc2cc(OC(F)(F)Br)cnc2n1C. The molecule has 0 aliphatic carbocycles. The van der Waals surface area contributed by atoms with Crippen molar-refractivity contribution in [3.05, 3.63) is 36.5 Å². The summed E-state index contributed by atoms with van der Waals surface area (Å²) in [5, 5.41) is -3.44. The summed E-state index contributed by atoms with van der Waals surface area (Å²) in [5.41, 5.74) is 2.09. The number of pyridine rings is 1. The minimum Gasteiger partial charge on any atom is -0.422 e. The molecule has 0 N–H and O–H groups in total. The molecule has 3 aromatic rings. The predicted octanol–water partition coefficient (Wildman–Crippen LogP) is 5.07. The van der Waals surface area contributed by atoms with Crippen LogP contribution in [0.3, 0.4) is 0 Å². The highest BCUT2D eigenvalue weighted by Crippen LogP contribution is 2.33. The Morgan fingerprint density at radius 3 is 2.79 bits per heavy atom. The van der Waals surface area contributed by atoms with Crippen molar-refractivity contribution in [2.45, 2.75) is 16.8 Å². The number of thioether (sulfide) groups is 1. The molecule has 0 atom stereocenters. The van der Waals surface area contributed by atoms with E-state index < -0.39 is 5.02 Å². The Morgan fingerprint density at radius 2 is 2.08 bits per heavy atom. The lowest BCUT2D eigenvalue weighted by Gasteiger charge is -2.10. The van der Waals surface area contributed by atoms with Gasteiger partial charge in [-0.15, -0.1) is 11.8 Å². The average Bonchev–Trinajstić information content (AvgIpc) is 2.83. The fraction of sp³-hybridized carbons (Fsp3) is 0.250. The topological polar surface area (TPSA) is 39.9 Å². The highest BCUT2D eigenvalue weighted by molar-refractivity contribution is 9.09. The standard InChI is InChI=1S/C16H14BrF2N3OS/c1-3-24-13-7-5-4-6-11(13)14-21-12-8-10(23-16(17,18)19)9-20-15(12)22(14)2/h4-9H,3H2,1-2H3. The van der Waals surface area contributed by atoms with Crippen LogP contribution in [0.4, 0.5) is 8.78 Å². The molecule has 0 spiro atoms. The number of halogens is 3. The maximum absolute atomic E-state index is 12.9. The third-order valence-electron chi connectivity index (χ3n) is 3.35. The molecular weight excluding hydrogens is 400 g/mol. The normalized spacial score (nSPS) is 11.9. The molecule has 0 amide bonds. The van der Waals surface area contributed by atoms with Crippen LogP contribution in [0, 0.1) is 0 Å². The summed E-state index contributed by atoms with van der Waals surface area (Å²) in [4.78, 5) is 9.88. The highest BCUT2D eigenvalue weighted by atomic mass is 79.9. The second-order valence-electron chi connectivity index (χ2n) is 4.99. The predicted molar refractivity (Wildman–Crippen MR) is 94.8 cm³/mol. The molecular formula is C16H14BrF2N3OS. The van der Waals surface area contributed by atoms with Gasteiger partial charge >= 0.3 is 5.02 Å². The summed E-state index contributed by atoms with van der Waals surface area (Å²) in [6, 6.07) is 9.41. The number of alkyl halides is 3. The lowest BCUT2D eigenvalue weighted by Crippen LogP contribution is -2.14. The Kier molecular flexibility index (Phi) is 4.78. The molecule has 126 valence electrons. The van der Waals surface area contributed by atoms with Crippen LogP contribution in [0.25, 0.3) is 22.6 Å². The van der Waals surface area contributed by atoms with E-state index in [0.29, 0.717) is 11.2 Å². The number of rotatable bonds is 5. The van der Waals surface area contributed by atoms with Gasteiger partial charge in [-0.2, -0.15) is 8.78 Å². The third-order valence-corrected chi connectivity index (χ3v) is 4.46. The molecule has 0 bridgehead atoms. The van der Waals surface area contributed by atoms with E-state index >= 15 is 0 Å². The molecule has 8 heteroatoms. The van der Waals surface area contributed by atoms with Crippen molar-refractivity contribution in [2.24, 2.45) is 7.05 Å². The summed E-state index contributed by atoms with van der Waals surface area (Å²) in [6.45, 7) is 2.09. The summed E-state index contributed by atoms with van der Waals surface area (Å²) < 4.78 is 32.2. The van der Waals surface area contributed by atoms with Crippen LogP contribution < -0.4 is 4.74 Å². The molecule has 0 aliphatic heterocycles. The number of hydrogen-bond donors (Lipinski definition) is 0. The quantitative estimate of drug-likeness (QED) is 0.432. The van der Waals surface area contributed by atoms with Gasteiger partial charge in [-0.1, -0.05) is 25.1 Å². The largest absolute Gasteiger partial charge is 0.459 e. The molecule has 2 aromatic heterocycles. The van der Waals surface area contributed by atoms with Crippen LogP contribution in [0.2, 0.25) is 0 Å². The van der Waals surface area contributed by atoms with Crippen molar-refractivity contribution < 1.29 is 13.5 Å².